The second-order valence-electron chi connectivity index (χ2n) is 5.66. The number of halogens is 2. The van der Waals surface area contributed by atoms with E-state index in [0.29, 0.717) is 32.5 Å². The molecule has 0 saturated carbocycles. The van der Waals surface area contributed by atoms with Crippen LogP contribution in [0, 0.1) is 0 Å². The van der Waals surface area contributed by atoms with Gasteiger partial charge in [-0.05, 0) is 30.3 Å². The van der Waals surface area contributed by atoms with E-state index < -0.39 is 5.97 Å². The predicted octanol–water partition coefficient (Wildman–Crippen LogP) is 3.72. The van der Waals surface area contributed by atoms with Crippen LogP contribution in [-0.2, 0) is 11.3 Å². The molecule has 0 bridgehead atoms. The van der Waals surface area contributed by atoms with Crippen molar-refractivity contribution < 1.29 is 9.90 Å². The Morgan fingerprint density at radius 2 is 1.92 bits per heavy atom. The zero-order valence-electron chi connectivity index (χ0n) is 13.0. The number of fused-ring (bicyclic) bond motifs is 2. The SMILES string of the molecule is CN(C)c1c(Cl)ccc2c(=O)c3ccc(Br)cc3n(CC(=O)O)c12. The maximum atomic E-state index is 12.9. The summed E-state index contributed by atoms with van der Waals surface area (Å²) in [6, 6.07) is 8.52. The van der Waals surface area contributed by atoms with Crippen LogP contribution in [0.2, 0.25) is 5.02 Å². The zero-order chi connectivity index (χ0) is 17.6. The lowest BCUT2D eigenvalue weighted by molar-refractivity contribution is -0.137. The summed E-state index contributed by atoms with van der Waals surface area (Å²) in [6.45, 7) is -0.273. The first-order valence-electron chi connectivity index (χ1n) is 7.14. The van der Waals surface area contributed by atoms with Gasteiger partial charge in [-0.15, -0.1) is 0 Å². The molecule has 3 rings (SSSR count). The van der Waals surface area contributed by atoms with Crippen LogP contribution >= 0.6 is 27.5 Å². The number of rotatable bonds is 3. The molecule has 0 aliphatic rings. The topological polar surface area (TPSA) is 62.5 Å². The largest absolute Gasteiger partial charge is 0.480 e. The Kier molecular flexibility index (Phi) is 4.27. The van der Waals surface area contributed by atoms with Crippen LogP contribution in [0.15, 0.2) is 39.6 Å². The molecule has 0 fully saturated rings. The van der Waals surface area contributed by atoms with E-state index in [1.807, 2.05) is 0 Å². The average Bonchev–Trinajstić information content (AvgIpc) is 2.50. The molecule has 0 aliphatic heterocycles. The van der Waals surface area contributed by atoms with Gasteiger partial charge in [-0.25, -0.2) is 0 Å². The Morgan fingerprint density at radius 1 is 1.25 bits per heavy atom. The van der Waals surface area contributed by atoms with Crippen molar-refractivity contribution in [2.75, 3.05) is 19.0 Å². The number of nitrogens with zero attached hydrogens (tertiary/aromatic N) is 2. The van der Waals surface area contributed by atoms with Crippen molar-refractivity contribution >= 4 is 61.0 Å². The minimum atomic E-state index is -0.995. The van der Waals surface area contributed by atoms with Gasteiger partial charge >= 0.3 is 5.97 Å². The Labute approximate surface area is 151 Å². The summed E-state index contributed by atoms with van der Waals surface area (Å²) in [5.74, 6) is -0.995. The Balaban J connectivity index is 2.65. The van der Waals surface area contributed by atoms with E-state index in [0.717, 1.165) is 4.47 Å². The molecule has 7 heteroatoms. The second kappa shape index (κ2) is 6.11. The summed E-state index contributed by atoms with van der Waals surface area (Å²) in [4.78, 5) is 26.1. The molecular formula is C17H14BrClN2O3. The number of hydrogen-bond acceptors (Lipinski definition) is 3. The highest BCUT2D eigenvalue weighted by Gasteiger charge is 2.19. The molecule has 1 aromatic heterocycles. The lowest BCUT2D eigenvalue weighted by Crippen LogP contribution is -2.19. The first-order valence-corrected chi connectivity index (χ1v) is 8.31. The molecule has 0 unspecified atom stereocenters. The fourth-order valence-corrected chi connectivity index (χ4v) is 3.59. The van der Waals surface area contributed by atoms with Crippen molar-refractivity contribution in [3.8, 4) is 0 Å². The summed E-state index contributed by atoms with van der Waals surface area (Å²) >= 11 is 9.71. The molecule has 124 valence electrons. The average molecular weight is 410 g/mol. The number of aromatic nitrogens is 1. The molecule has 0 aliphatic carbocycles. The van der Waals surface area contributed by atoms with E-state index >= 15 is 0 Å². The third-order valence-corrected chi connectivity index (χ3v) is 4.65. The van der Waals surface area contributed by atoms with Crippen LogP contribution in [0.3, 0.4) is 0 Å². The number of benzene rings is 2. The molecule has 0 radical (unpaired) electrons. The highest BCUT2D eigenvalue weighted by Crippen LogP contribution is 2.34. The van der Waals surface area contributed by atoms with Crippen LogP contribution in [0.4, 0.5) is 5.69 Å². The zero-order valence-corrected chi connectivity index (χ0v) is 15.3. The van der Waals surface area contributed by atoms with Crippen molar-refractivity contribution in [1.29, 1.82) is 0 Å². The normalized spacial score (nSPS) is 11.2. The van der Waals surface area contributed by atoms with E-state index in [2.05, 4.69) is 15.9 Å². The molecule has 0 amide bonds. The van der Waals surface area contributed by atoms with Gasteiger partial charge in [0.1, 0.15) is 6.54 Å². The quantitative estimate of drug-likeness (QED) is 0.670. The van der Waals surface area contributed by atoms with Gasteiger partial charge in [0.15, 0.2) is 5.43 Å². The van der Waals surface area contributed by atoms with E-state index in [1.54, 1.807) is 53.9 Å². The van der Waals surface area contributed by atoms with Gasteiger partial charge in [0.05, 0.1) is 21.7 Å². The predicted molar refractivity (Wildman–Crippen MR) is 100 cm³/mol. The molecule has 0 saturated heterocycles. The highest BCUT2D eigenvalue weighted by molar-refractivity contribution is 9.10. The minimum absolute atomic E-state index is 0.145. The second-order valence-corrected chi connectivity index (χ2v) is 6.98. The number of carbonyl (C=O) groups is 1. The van der Waals surface area contributed by atoms with Gasteiger partial charge in [-0.3, -0.25) is 9.59 Å². The van der Waals surface area contributed by atoms with Gasteiger partial charge in [0.2, 0.25) is 0 Å². The van der Waals surface area contributed by atoms with E-state index in [-0.39, 0.29) is 12.0 Å². The number of carboxylic acid groups (broad SMARTS) is 1. The number of hydrogen-bond donors (Lipinski definition) is 1. The van der Waals surface area contributed by atoms with Crippen molar-refractivity contribution in [2.45, 2.75) is 6.54 Å². The van der Waals surface area contributed by atoms with Crippen molar-refractivity contribution in [3.63, 3.8) is 0 Å². The maximum absolute atomic E-state index is 12.9. The number of anilines is 1. The van der Waals surface area contributed by atoms with E-state index in [1.165, 1.54) is 0 Å². The minimum Gasteiger partial charge on any atom is -0.480 e. The molecule has 5 nitrogen and oxygen atoms in total. The van der Waals surface area contributed by atoms with Crippen molar-refractivity contribution in [3.05, 3.63) is 50.1 Å². The molecule has 2 aromatic carbocycles. The molecular weight excluding hydrogens is 396 g/mol. The third kappa shape index (κ3) is 2.65. The first kappa shape index (κ1) is 16.8. The molecule has 0 spiro atoms. The van der Waals surface area contributed by atoms with Crippen LogP contribution in [-0.4, -0.2) is 29.7 Å². The van der Waals surface area contributed by atoms with Crippen LogP contribution in [0.5, 0.6) is 0 Å². The summed E-state index contributed by atoms with van der Waals surface area (Å²) in [5, 5.41) is 10.7. The van der Waals surface area contributed by atoms with Gasteiger partial charge in [0.25, 0.3) is 0 Å². The molecule has 1 heterocycles. The van der Waals surface area contributed by atoms with Crippen molar-refractivity contribution in [2.24, 2.45) is 0 Å². The summed E-state index contributed by atoms with van der Waals surface area (Å²) < 4.78 is 2.39. The number of aliphatic carboxylic acids is 1. The van der Waals surface area contributed by atoms with Crippen molar-refractivity contribution in [1.82, 2.24) is 4.57 Å². The maximum Gasteiger partial charge on any atom is 0.323 e. The number of pyridine rings is 1. The lowest BCUT2D eigenvalue weighted by atomic mass is 10.1. The molecule has 24 heavy (non-hydrogen) atoms. The molecule has 3 aromatic rings. The smallest absolute Gasteiger partial charge is 0.323 e. The Hall–Kier alpha value is -2.05. The third-order valence-electron chi connectivity index (χ3n) is 3.85. The Morgan fingerprint density at radius 3 is 2.54 bits per heavy atom. The standard InChI is InChI=1S/C17H14BrClN2O3/c1-20(2)16-12(19)6-5-11-15(16)21(8-14(22)23)13-7-9(18)3-4-10(13)17(11)24/h3-7H,8H2,1-2H3,(H,22,23). The summed E-state index contributed by atoms with van der Waals surface area (Å²) in [7, 11) is 3.61. The van der Waals surface area contributed by atoms with E-state index in [9.17, 15) is 14.7 Å². The molecule has 0 atom stereocenters. The van der Waals surface area contributed by atoms with Crippen LogP contribution in [0.25, 0.3) is 21.8 Å². The van der Waals surface area contributed by atoms with Gasteiger partial charge in [-0.1, -0.05) is 27.5 Å². The van der Waals surface area contributed by atoms with Gasteiger partial charge in [0, 0.05) is 29.3 Å². The van der Waals surface area contributed by atoms with Gasteiger partial charge in [-0.2, -0.15) is 0 Å². The fraction of sp³-hybridized carbons (Fsp3) is 0.176. The Bertz CT molecular complexity index is 1040. The monoisotopic (exact) mass is 408 g/mol. The number of carboxylic acids is 1. The fourth-order valence-electron chi connectivity index (χ4n) is 2.92. The first-order chi connectivity index (χ1) is 11.3. The summed E-state index contributed by atoms with van der Waals surface area (Å²) in [6.07, 6.45) is 0. The van der Waals surface area contributed by atoms with Gasteiger partial charge < -0.3 is 14.6 Å². The van der Waals surface area contributed by atoms with Crippen LogP contribution < -0.4 is 10.3 Å². The highest BCUT2D eigenvalue weighted by atomic mass is 79.9. The summed E-state index contributed by atoms with van der Waals surface area (Å²) in [5.41, 5.74) is 1.54. The van der Waals surface area contributed by atoms with E-state index in [4.69, 9.17) is 11.6 Å². The molecule has 1 N–H and O–H groups in total. The van der Waals surface area contributed by atoms with Crippen LogP contribution in [0.1, 0.15) is 0 Å². The lowest BCUT2D eigenvalue weighted by Gasteiger charge is -2.22.